The Kier molecular flexibility index (Phi) is 4.27. The van der Waals surface area contributed by atoms with Crippen LogP contribution in [0, 0.1) is 5.82 Å². The van der Waals surface area contributed by atoms with Crippen LogP contribution < -0.4 is 5.32 Å². The van der Waals surface area contributed by atoms with Crippen molar-refractivity contribution in [2.45, 2.75) is 18.2 Å². The molecule has 1 N–H and O–H groups in total. The topological polar surface area (TPSA) is 81.1 Å². The average molecular weight is 385 g/mol. The van der Waals surface area contributed by atoms with Gasteiger partial charge in [0.15, 0.2) is 0 Å². The predicted molar refractivity (Wildman–Crippen MR) is 97.3 cm³/mol. The Hall–Kier alpha value is -3.00. The van der Waals surface area contributed by atoms with Crippen LogP contribution >= 0.6 is 0 Å². The zero-order valence-electron chi connectivity index (χ0n) is 14.2. The number of carbonyl (C=O) groups is 1. The number of carbonyl (C=O) groups excluding carboxylic acids is 1. The number of halogens is 1. The molecule has 1 aromatic heterocycles. The van der Waals surface area contributed by atoms with Gasteiger partial charge in [0.25, 0.3) is 5.91 Å². The summed E-state index contributed by atoms with van der Waals surface area (Å²) in [5.41, 5.74) is 1.81. The van der Waals surface area contributed by atoms with E-state index in [2.05, 4.69) is 10.3 Å². The molecule has 0 aliphatic carbocycles. The van der Waals surface area contributed by atoms with Crippen LogP contribution in [0.5, 0.6) is 0 Å². The van der Waals surface area contributed by atoms with E-state index in [0.717, 1.165) is 5.56 Å². The van der Waals surface area contributed by atoms with Gasteiger partial charge >= 0.3 is 0 Å². The minimum absolute atomic E-state index is 0.0853. The molecule has 0 radical (unpaired) electrons. The lowest BCUT2D eigenvalue weighted by molar-refractivity contribution is 0.0942. The van der Waals surface area contributed by atoms with Crippen molar-refractivity contribution in [3.8, 4) is 11.3 Å². The third-order valence-electron chi connectivity index (χ3n) is 4.42. The molecule has 0 atom stereocenters. The highest BCUT2D eigenvalue weighted by Crippen LogP contribution is 2.30. The molecule has 138 valence electrons. The summed E-state index contributed by atoms with van der Waals surface area (Å²) in [7, 11) is -3.53. The molecule has 1 aliphatic heterocycles. The van der Waals surface area contributed by atoms with E-state index in [1.54, 1.807) is 0 Å². The molecule has 0 saturated carbocycles. The number of nitrogens with one attached hydrogen (secondary N) is 1. The van der Waals surface area contributed by atoms with Crippen molar-refractivity contribution >= 4 is 15.7 Å². The maximum absolute atomic E-state index is 13.3. The average Bonchev–Trinajstić information content (AvgIpc) is 3.19. The summed E-state index contributed by atoms with van der Waals surface area (Å²) in [5, 5.41) is 2.69. The molecule has 8 heteroatoms. The first-order chi connectivity index (χ1) is 13.0. The summed E-state index contributed by atoms with van der Waals surface area (Å²) < 4.78 is 39.1. The molecule has 2 aromatic carbocycles. The van der Waals surface area contributed by atoms with Gasteiger partial charge in [-0.2, -0.15) is 0 Å². The maximum atomic E-state index is 13.3. The number of rotatable bonds is 4. The highest BCUT2D eigenvalue weighted by molar-refractivity contribution is 7.91. The van der Waals surface area contributed by atoms with Crippen LogP contribution in [0.3, 0.4) is 0 Å². The number of aromatic nitrogens is 2. The van der Waals surface area contributed by atoms with E-state index in [4.69, 9.17) is 0 Å². The third kappa shape index (κ3) is 3.23. The first-order valence-electron chi connectivity index (χ1n) is 8.37. The Morgan fingerprint density at radius 1 is 1.11 bits per heavy atom. The molecule has 27 heavy (non-hydrogen) atoms. The number of sulfone groups is 1. The van der Waals surface area contributed by atoms with Crippen molar-refractivity contribution in [3.05, 3.63) is 71.7 Å². The van der Waals surface area contributed by atoms with E-state index < -0.39 is 21.6 Å². The summed E-state index contributed by atoms with van der Waals surface area (Å²) in [5.74, 6) is -0.930. The second-order valence-electron chi connectivity index (χ2n) is 6.24. The van der Waals surface area contributed by atoms with Crippen molar-refractivity contribution < 1.29 is 17.6 Å². The Morgan fingerprint density at radius 2 is 1.81 bits per heavy atom. The lowest BCUT2D eigenvalue weighted by Gasteiger charge is -2.09. The largest absolute Gasteiger partial charge is 0.347 e. The lowest BCUT2D eigenvalue weighted by atomic mass is 10.1. The Morgan fingerprint density at radius 3 is 2.52 bits per heavy atom. The van der Waals surface area contributed by atoms with Crippen molar-refractivity contribution in [1.82, 2.24) is 14.9 Å². The Bertz CT molecular complexity index is 1110. The Balaban J connectivity index is 1.74. The van der Waals surface area contributed by atoms with Gasteiger partial charge in [-0.15, -0.1) is 0 Å². The normalized spacial score (nSPS) is 14.7. The maximum Gasteiger partial charge on any atom is 0.270 e. The van der Waals surface area contributed by atoms with E-state index in [-0.39, 0.29) is 28.8 Å². The first kappa shape index (κ1) is 17.4. The number of benzene rings is 2. The van der Waals surface area contributed by atoms with Gasteiger partial charge in [0.1, 0.15) is 17.2 Å². The molecule has 1 amide bonds. The predicted octanol–water partition coefficient (Wildman–Crippen LogP) is 2.41. The van der Waals surface area contributed by atoms with Gasteiger partial charge in [-0.25, -0.2) is 17.8 Å². The molecule has 1 aliphatic rings. The fourth-order valence-electron chi connectivity index (χ4n) is 3.08. The van der Waals surface area contributed by atoms with E-state index in [1.807, 2.05) is 30.3 Å². The standard InChI is InChI=1S/C19H16FN3O3S/c20-15-8-6-14(7-9-15)16-17(23-10-11-27(25,26)19(23)22-16)18(24)21-12-13-4-2-1-3-5-13/h1-9H,10-12H2,(H,21,24). The van der Waals surface area contributed by atoms with Crippen molar-refractivity contribution in [2.24, 2.45) is 0 Å². The number of imidazole rings is 1. The van der Waals surface area contributed by atoms with Gasteiger partial charge in [-0.05, 0) is 29.8 Å². The van der Waals surface area contributed by atoms with Gasteiger partial charge in [0.2, 0.25) is 15.0 Å². The molecule has 3 aromatic rings. The van der Waals surface area contributed by atoms with Crippen LogP contribution in [0.15, 0.2) is 59.8 Å². The molecule has 0 fully saturated rings. The lowest BCUT2D eigenvalue weighted by Crippen LogP contribution is -2.26. The van der Waals surface area contributed by atoms with Gasteiger partial charge in [0.05, 0.1) is 5.75 Å². The number of nitrogens with zero attached hydrogens (tertiary/aromatic N) is 2. The van der Waals surface area contributed by atoms with Gasteiger partial charge in [-0.1, -0.05) is 30.3 Å². The molecule has 0 saturated heterocycles. The molecule has 0 unspecified atom stereocenters. The summed E-state index contributed by atoms with van der Waals surface area (Å²) in [4.78, 5) is 17.1. The van der Waals surface area contributed by atoms with Crippen LogP contribution in [0.25, 0.3) is 11.3 Å². The zero-order valence-corrected chi connectivity index (χ0v) is 15.0. The minimum Gasteiger partial charge on any atom is -0.347 e. The molecule has 6 nitrogen and oxygen atoms in total. The van der Waals surface area contributed by atoms with Crippen molar-refractivity contribution in [1.29, 1.82) is 0 Å². The van der Waals surface area contributed by atoms with Crippen molar-refractivity contribution in [3.63, 3.8) is 0 Å². The minimum atomic E-state index is -3.53. The second-order valence-corrected chi connectivity index (χ2v) is 8.24. The molecular weight excluding hydrogens is 369 g/mol. The smallest absolute Gasteiger partial charge is 0.270 e. The van der Waals surface area contributed by atoms with Crippen molar-refractivity contribution in [2.75, 3.05) is 5.75 Å². The second kappa shape index (κ2) is 6.62. The van der Waals surface area contributed by atoms with Crippen LogP contribution in [0.1, 0.15) is 16.1 Å². The SMILES string of the molecule is O=C(NCc1ccccc1)c1c(-c2ccc(F)cc2)nc2n1CCS2(=O)=O. The fourth-order valence-corrected chi connectivity index (χ4v) is 4.44. The van der Waals surface area contributed by atoms with Crippen LogP contribution in [-0.4, -0.2) is 29.6 Å². The highest BCUT2D eigenvalue weighted by atomic mass is 32.2. The monoisotopic (exact) mass is 385 g/mol. The van der Waals surface area contributed by atoms with Gasteiger partial charge < -0.3 is 9.88 Å². The molecule has 2 heterocycles. The quantitative estimate of drug-likeness (QED) is 0.748. The number of hydrogen-bond acceptors (Lipinski definition) is 4. The summed E-state index contributed by atoms with van der Waals surface area (Å²) >= 11 is 0. The molecule has 4 rings (SSSR count). The number of hydrogen-bond donors (Lipinski definition) is 1. The summed E-state index contributed by atoms with van der Waals surface area (Å²) in [6.45, 7) is 0.468. The van der Waals surface area contributed by atoms with E-state index in [9.17, 15) is 17.6 Å². The summed E-state index contributed by atoms with van der Waals surface area (Å²) in [6.07, 6.45) is 0. The molecule has 0 spiro atoms. The van der Waals surface area contributed by atoms with Crippen LogP contribution in [-0.2, 0) is 22.9 Å². The van der Waals surface area contributed by atoms with Gasteiger partial charge in [-0.3, -0.25) is 4.79 Å². The molecular formula is C19H16FN3O3S. The zero-order chi connectivity index (χ0) is 19.0. The number of fused-ring (bicyclic) bond motifs is 1. The van der Waals surface area contributed by atoms with E-state index in [1.165, 1.54) is 28.8 Å². The molecule has 0 bridgehead atoms. The van der Waals surface area contributed by atoms with E-state index >= 15 is 0 Å². The first-order valence-corrected chi connectivity index (χ1v) is 10.0. The van der Waals surface area contributed by atoms with E-state index in [0.29, 0.717) is 12.1 Å². The Labute approximate surface area is 155 Å². The van der Waals surface area contributed by atoms with Gasteiger partial charge in [0, 0.05) is 18.7 Å². The van der Waals surface area contributed by atoms with Crippen LogP contribution in [0.2, 0.25) is 0 Å². The summed E-state index contributed by atoms with van der Waals surface area (Å²) in [6, 6.07) is 14.8. The van der Waals surface area contributed by atoms with Crippen LogP contribution in [0.4, 0.5) is 4.39 Å². The fraction of sp³-hybridized carbons (Fsp3) is 0.158. The highest BCUT2D eigenvalue weighted by Gasteiger charge is 2.35. The number of amides is 1. The third-order valence-corrected chi connectivity index (χ3v) is 6.01.